The van der Waals surface area contributed by atoms with Gasteiger partial charge >= 0.3 is 6.18 Å². The Morgan fingerprint density at radius 1 is 1.21 bits per heavy atom. The molecule has 3 heterocycles. The first kappa shape index (κ1) is 29.6. The van der Waals surface area contributed by atoms with Gasteiger partial charge in [0.1, 0.15) is 29.1 Å². The zero-order chi connectivity index (χ0) is 31.1. The minimum absolute atomic E-state index is 0.0526. The lowest BCUT2D eigenvalue weighted by Gasteiger charge is -2.32. The molecular weight excluding hydrogens is 651 g/mol. The van der Waals surface area contributed by atoms with Gasteiger partial charge in [0, 0.05) is 41.0 Å². The quantitative estimate of drug-likeness (QED) is 0.268. The van der Waals surface area contributed by atoms with Gasteiger partial charge in [0.05, 0.1) is 5.69 Å². The number of pyridine rings is 1. The van der Waals surface area contributed by atoms with Crippen molar-refractivity contribution in [2.24, 2.45) is 11.7 Å². The van der Waals surface area contributed by atoms with Crippen molar-refractivity contribution in [2.45, 2.75) is 48.4 Å². The number of halogens is 8. The van der Waals surface area contributed by atoms with Gasteiger partial charge in [-0.25, -0.2) is 18.4 Å². The van der Waals surface area contributed by atoms with Crippen molar-refractivity contribution in [3.8, 4) is 11.8 Å². The number of aliphatic hydroxyl groups is 1. The van der Waals surface area contributed by atoms with E-state index in [0.29, 0.717) is 10.7 Å². The molecule has 4 atom stereocenters. The third kappa shape index (κ3) is 5.19. The van der Waals surface area contributed by atoms with Crippen molar-refractivity contribution in [1.29, 1.82) is 0 Å². The molecule has 7 nitrogen and oxygen atoms in total. The number of amides is 1. The summed E-state index contributed by atoms with van der Waals surface area (Å²) in [5.74, 6) is -5.62. The Morgan fingerprint density at radius 3 is 2.47 bits per heavy atom. The van der Waals surface area contributed by atoms with Crippen LogP contribution in [0.5, 0.6) is 0 Å². The summed E-state index contributed by atoms with van der Waals surface area (Å²) in [5.41, 5.74) is 1.05. The lowest BCUT2D eigenvalue weighted by atomic mass is 9.87. The molecule has 1 aliphatic heterocycles. The summed E-state index contributed by atoms with van der Waals surface area (Å²) < 4.78 is 102. The zero-order valence-electron chi connectivity index (χ0n) is 21.8. The van der Waals surface area contributed by atoms with E-state index in [2.05, 4.69) is 43.2 Å². The van der Waals surface area contributed by atoms with Crippen LogP contribution >= 0.6 is 15.9 Å². The van der Waals surface area contributed by atoms with E-state index in [0.717, 1.165) is 12.1 Å². The topological polar surface area (TPSA) is 106 Å². The fourth-order valence-corrected chi connectivity index (χ4v) is 6.39. The van der Waals surface area contributed by atoms with Gasteiger partial charge in [-0.1, -0.05) is 5.92 Å². The van der Waals surface area contributed by atoms with E-state index >= 15 is 8.78 Å². The monoisotopic (exact) mass is 671 g/mol. The van der Waals surface area contributed by atoms with E-state index in [4.69, 9.17) is 5.73 Å². The first-order chi connectivity index (χ1) is 20.1. The molecule has 1 amide bonds. The van der Waals surface area contributed by atoms with Crippen LogP contribution in [-0.2, 0) is 23.3 Å². The number of aromatic nitrogens is 3. The van der Waals surface area contributed by atoms with Crippen molar-refractivity contribution >= 4 is 21.8 Å². The number of fused-ring (bicyclic) bond motifs is 3. The molecule has 6 rings (SSSR count). The number of rotatable bonds is 6. The standard InChI is InChI=1S/C28H21BrF7N5O2/c29-19-2-1-15(3-4-26(43)10-38-11-26)39-21(19)17(7-12-5-13(30)8-14(31)6-12)22(25(37)42)41-24-20(23(40-41)28(34,35)36)16-9-18(16)27(24,32)33/h1-2,5-6,8,16-18,22,38,43H,7,9-11H2,(H2,37,42)/t16-,17+,18+,22?/m0/s1. The van der Waals surface area contributed by atoms with Crippen molar-refractivity contribution in [3.63, 3.8) is 0 Å². The second kappa shape index (κ2) is 10.0. The van der Waals surface area contributed by atoms with Gasteiger partial charge in [0.2, 0.25) is 5.91 Å². The van der Waals surface area contributed by atoms with Gasteiger partial charge in [-0.3, -0.25) is 4.79 Å². The number of hydrogen-bond acceptors (Lipinski definition) is 5. The largest absolute Gasteiger partial charge is 0.435 e. The molecule has 1 saturated heterocycles. The van der Waals surface area contributed by atoms with Crippen LogP contribution in [-0.4, -0.2) is 44.5 Å². The average Bonchev–Trinajstić information content (AvgIpc) is 3.53. The highest BCUT2D eigenvalue weighted by atomic mass is 79.9. The molecule has 226 valence electrons. The van der Waals surface area contributed by atoms with Gasteiger partial charge in [0.15, 0.2) is 11.3 Å². The number of nitrogens with one attached hydrogen (secondary N) is 1. The van der Waals surface area contributed by atoms with Crippen LogP contribution in [0.25, 0.3) is 0 Å². The number of alkyl halides is 5. The molecule has 43 heavy (non-hydrogen) atoms. The van der Waals surface area contributed by atoms with Crippen LogP contribution < -0.4 is 11.1 Å². The fourth-order valence-electron chi connectivity index (χ4n) is 5.88. The number of β-amino-alcohol motifs (C(OH)–C–C–N with tert-alkyl or cyclic N) is 1. The summed E-state index contributed by atoms with van der Waals surface area (Å²) >= 11 is 3.29. The summed E-state index contributed by atoms with van der Waals surface area (Å²) in [7, 11) is 0. The maximum Gasteiger partial charge on any atom is 0.435 e. The lowest BCUT2D eigenvalue weighted by Crippen LogP contribution is -2.58. The van der Waals surface area contributed by atoms with E-state index in [9.17, 15) is 31.9 Å². The summed E-state index contributed by atoms with van der Waals surface area (Å²) in [4.78, 5) is 17.5. The Kier molecular flexibility index (Phi) is 6.90. The maximum absolute atomic E-state index is 15.5. The van der Waals surface area contributed by atoms with E-state index < -0.39 is 82.4 Å². The molecule has 1 saturated carbocycles. The molecule has 0 spiro atoms. The van der Waals surface area contributed by atoms with Gasteiger partial charge < -0.3 is 16.2 Å². The van der Waals surface area contributed by atoms with E-state index in [-0.39, 0.29) is 40.9 Å². The van der Waals surface area contributed by atoms with Crippen molar-refractivity contribution in [3.05, 3.63) is 80.3 Å². The average molecular weight is 672 g/mol. The lowest BCUT2D eigenvalue weighted by molar-refractivity contribution is -0.142. The molecule has 0 bridgehead atoms. The minimum atomic E-state index is -5.11. The molecule has 2 aromatic heterocycles. The van der Waals surface area contributed by atoms with Crippen LogP contribution in [0.2, 0.25) is 0 Å². The number of carbonyl (C=O) groups is 1. The zero-order valence-corrected chi connectivity index (χ0v) is 23.4. The summed E-state index contributed by atoms with van der Waals surface area (Å²) in [5, 5.41) is 16.7. The molecule has 15 heteroatoms. The Morgan fingerprint density at radius 2 is 1.88 bits per heavy atom. The third-order valence-corrected chi connectivity index (χ3v) is 8.63. The third-order valence-electron chi connectivity index (χ3n) is 7.95. The second-order valence-corrected chi connectivity index (χ2v) is 11.9. The molecule has 1 unspecified atom stereocenters. The molecule has 2 fully saturated rings. The molecule has 2 aliphatic carbocycles. The smallest absolute Gasteiger partial charge is 0.375 e. The Balaban J connectivity index is 1.54. The Bertz CT molecular complexity index is 1690. The highest BCUT2D eigenvalue weighted by Crippen LogP contribution is 2.69. The minimum Gasteiger partial charge on any atom is -0.375 e. The van der Waals surface area contributed by atoms with Gasteiger partial charge in [-0.2, -0.15) is 27.1 Å². The predicted molar refractivity (Wildman–Crippen MR) is 140 cm³/mol. The number of hydrogen-bond donors (Lipinski definition) is 3. The molecule has 3 aliphatic rings. The number of primary amides is 1. The van der Waals surface area contributed by atoms with Crippen LogP contribution in [0.15, 0.2) is 34.8 Å². The molecule has 4 N–H and O–H groups in total. The summed E-state index contributed by atoms with van der Waals surface area (Å²) in [6.45, 7) is 0.395. The summed E-state index contributed by atoms with van der Waals surface area (Å²) in [6.07, 6.45) is -5.75. The predicted octanol–water partition coefficient (Wildman–Crippen LogP) is 4.29. The molecule has 1 aromatic carbocycles. The van der Waals surface area contributed by atoms with E-state index in [1.54, 1.807) is 0 Å². The Labute approximate surface area is 247 Å². The van der Waals surface area contributed by atoms with E-state index in [1.165, 1.54) is 12.1 Å². The van der Waals surface area contributed by atoms with Crippen molar-refractivity contribution in [1.82, 2.24) is 20.1 Å². The number of benzene rings is 1. The number of carbonyl (C=O) groups excluding carboxylic acids is 1. The molecule has 0 radical (unpaired) electrons. The number of nitrogens with two attached hydrogens (primary N) is 1. The van der Waals surface area contributed by atoms with Crippen LogP contribution in [0.1, 0.15) is 58.2 Å². The van der Waals surface area contributed by atoms with Crippen LogP contribution in [0, 0.1) is 29.4 Å². The fraction of sp³-hybridized carbons (Fsp3) is 0.393. The van der Waals surface area contributed by atoms with Crippen LogP contribution in [0.3, 0.4) is 0 Å². The van der Waals surface area contributed by atoms with Gasteiger partial charge in [-0.15, -0.1) is 0 Å². The first-order valence-corrected chi connectivity index (χ1v) is 13.8. The Hall–Kier alpha value is -3.48. The SMILES string of the molecule is NC(=O)C([C@H](Cc1cc(F)cc(F)c1)c1nc(C#CC2(O)CNC2)ccc1Br)n1nc(C(F)(F)F)c2c1C(F)(F)[C@@H]1C[C@H]21. The maximum atomic E-state index is 15.5. The highest BCUT2D eigenvalue weighted by Gasteiger charge is 2.69. The molecule has 3 aromatic rings. The molecular formula is C28H21BrF7N5O2. The summed E-state index contributed by atoms with van der Waals surface area (Å²) in [6, 6.07) is 3.37. The van der Waals surface area contributed by atoms with Gasteiger partial charge in [-0.05, 0) is 70.4 Å². The van der Waals surface area contributed by atoms with Crippen molar-refractivity contribution in [2.75, 3.05) is 13.1 Å². The van der Waals surface area contributed by atoms with Crippen LogP contribution in [0.4, 0.5) is 30.7 Å². The normalized spacial score (nSPS) is 22.4. The van der Waals surface area contributed by atoms with Gasteiger partial charge in [0.25, 0.3) is 5.92 Å². The highest BCUT2D eigenvalue weighted by molar-refractivity contribution is 9.10. The van der Waals surface area contributed by atoms with Crippen molar-refractivity contribution < 1.29 is 40.6 Å². The first-order valence-electron chi connectivity index (χ1n) is 13.0. The second-order valence-electron chi connectivity index (χ2n) is 11.0. The number of nitrogens with zero attached hydrogens (tertiary/aromatic N) is 3. The van der Waals surface area contributed by atoms with E-state index in [1.807, 2.05) is 0 Å².